The predicted molar refractivity (Wildman–Crippen MR) is 72.4 cm³/mol. The molecule has 0 saturated carbocycles. The number of anilines is 1. The fraction of sp³-hybridized carbons (Fsp3) is 0.455. The van der Waals surface area contributed by atoms with Crippen molar-refractivity contribution in [1.29, 1.82) is 0 Å². The molecule has 1 aliphatic rings. The summed E-state index contributed by atoms with van der Waals surface area (Å²) < 4.78 is 5.26. The molecule has 1 aliphatic heterocycles. The predicted octanol–water partition coefficient (Wildman–Crippen LogP) is -0.718. The van der Waals surface area contributed by atoms with E-state index >= 15 is 0 Å². The molecular weight excluding hydrogens is 282 g/mol. The molecule has 2 heterocycles. The van der Waals surface area contributed by atoms with Crippen molar-refractivity contribution in [3.05, 3.63) is 27.9 Å². The van der Waals surface area contributed by atoms with Crippen LogP contribution in [0.25, 0.3) is 0 Å². The Morgan fingerprint density at radius 3 is 3.10 bits per heavy atom. The first kappa shape index (κ1) is 14.9. The average molecular weight is 297 g/mol. The molecule has 0 amide bonds. The molecule has 0 radical (unpaired) electrons. The minimum atomic E-state index is -0.617. The van der Waals surface area contributed by atoms with Crippen molar-refractivity contribution in [2.45, 2.75) is 6.04 Å². The fourth-order valence-corrected chi connectivity index (χ4v) is 2.10. The molecule has 0 bridgehead atoms. The van der Waals surface area contributed by atoms with Gasteiger partial charge in [0.25, 0.3) is 5.69 Å². The van der Waals surface area contributed by atoms with Gasteiger partial charge in [-0.1, -0.05) is 5.16 Å². The van der Waals surface area contributed by atoms with E-state index in [4.69, 9.17) is 15.7 Å². The van der Waals surface area contributed by atoms with E-state index in [0.717, 1.165) is 6.20 Å². The van der Waals surface area contributed by atoms with E-state index in [-0.39, 0.29) is 29.7 Å². The maximum Gasteiger partial charge on any atom is 0.288 e. The van der Waals surface area contributed by atoms with Gasteiger partial charge in [-0.25, -0.2) is 4.98 Å². The molecule has 1 fully saturated rings. The molecule has 10 heteroatoms. The number of ether oxygens (including phenoxy) is 1. The molecule has 0 spiro atoms. The third-order valence-electron chi connectivity index (χ3n) is 3.16. The zero-order valence-corrected chi connectivity index (χ0v) is 11.0. The highest BCUT2D eigenvalue weighted by atomic mass is 16.6. The molecule has 10 nitrogen and oxygen atoms in total. The van der Waals surface area contributed by atoms with Gasteiger partial charge in [0.2, 0.25) is 0 Å². The quantitative estimate of drug-likeness (QED) is 0.217. The summed E-state index contributed by atoms with van der Waals surface area (Å²) in [6.07, 6.45) is 1.09. The third kappa shape index (κ3) is 3.01. The Labute approximate surface area is 119 Å². The van der Waals surface area contributed by atoms with Gasteiger partial charge in [-0.3, -0.25) is 10.1 Å². The number of nitro groups is 1. The SMILES string of the molecule is N/C(=N/O)c1cc([N+](=O)[O-])cnc1N1CCOCC1CO. The Hall–Kier alpha value is -2.46. The Morgan fingerprint density at radius 1 is 1.71 bits per heavy atom. The summed E-state index contributed by atoms with van der Waals surface area (Å²) in [5.74, 6) is 0.0163. The second kappa shape index (κ2) is 6.33. The highest BCUT2D eigenvalue weighted by Crippen LogP contribution is 2.25. The molecule has 4 N–H and O–H groups in total. The number of aromatic nitrogens is 1. The Morgan fingerprint density at radius 2 is 2.48 bits per heavy atom. The summed E-state index contributed by atoms with van der Waals surface area (Å²) in [7, 11) is 0. The summed E-state index contributed by atoms with van der Waals surface area (Å²) in [6, 6.07) is 0.833. The molecular formula is C11H15N5O5. The zero-order chi connectivity index (χ0) is 15.4. The zero-order valence-electron chi connectivity index (χ0n) is 11.0. The number of hydrogen-bond acceptors (Lipinski definition) is 8. The smallest absolute Gasteiger partial charge is 0.288 e. The topological polar surface area (TPSA) is 147 Å². The lowest BCUT2D eigenvalue weighted by molar-refractivity contribution is -0.385. The number of morpholine rings is 1. The number of aliphatic hydroxyl groups excluding tert-OH is 1. The van der Waals surface area contributed by atoms with Crippen LogP contribution in [-0.2, 0) is 4.74 Å². The van der Waals surface area contributed by atoms with Crippen molar-refractivity contribution < 1.29 is 20.0 Å². The Balaban J connectivity index is 2.48. The van der Waals surface area contributed by atoms with Gasteiger partial charge in [0.15, 0.2) is 5.84 Å². The van der Waals surface area contributed by atoms with Gasteiger partial charge in [0, 0.05) is 12.6 Å². The number of amidine groups is 1. The number of aliphatic hydroxyl groups is 1. The summed E-state index contributed by atoms with van der Waals surface area (Å²) in [6.45, 7) is 0.978. The first-order chi connectivity index (χ1) is 10.1. The van der Waals surface area contributed by atoms with E-state index in [1.54, 1.807) is 4.90 Å². The van der Waals surface area contributed by atoms with Gasteiger partial charge in [-0.05, 0) is 0 Å². The summed E-state index contributed by atoms with van der Waals surface area (Å²) >= 11 is 0. The summed E-state index contributed by atoms with van der Waals surface area (Å²) in [5.41, 5.74) is 5.44. The van der Waals surface area contributed by atoms with Crippen molar-refractivity contribution >= 4 is 17.3 Å². The number of hydrogen-bond donors (Lipinski definition) is 3. The highest BCUT2D eigenvalue weighted by Gasteiger charge is 2.27. The van der Waals surface area contributed by atoms with Crippen LogP contribution < -0.4 is 10.6 Å². The van der Waals surface area contributed by atoms with Gasteiger partial charge in [-0.15, -0.1) is 0 Å². The second-order valence-electron chi connectivity index (χ2n) is 4.41. The fourth-order valence-electron chi connectivity index (χ4n) is 2.10. The molecule has 1 unspecified atom stereocenters. The van der Waals surface area contributed by atoms with E-state index in [1.807, 2.05) is 0 Å². The van der Waals surface area contributed by atoms with Crippen molar-refractivity contribution in [3.8, 4) is 0 Å². The summed E-state index contributed by atoms with van der Waals surface area (Å²) in [5, 5.41) is 31.9. The first-order valence-electron chi connectivity index (χ1n) is 6.16. The Kier molecular flexibility index (Phi) is 4.50. The van der Waals surface area contributed by atoms with Gasteiger partial charge >= 0.3 is 0 Å². The largest absolute Gasteiger partial charge is 0.409 e. The average Bonchev–Trinajstić information content (AvgIpc) is 2.53. The highest BCUT2D eigenvalue weighted by molar-refractivity contribution is 6.02. The van der Waals surface area contributed by atoms with Gasteiger partial charge in [0.1, 0.15) is 12.0 Å². The van der Waals surface area contributed by atoms with E-state index in [9.17, 15) is 15.2 Å². The van der Waals surface area contributed by atoms with E-state index in [1.165, 1.54) is 6.07 Å². The first-order valence-corrected chi connectivity index (χ1v) is 6.16. The molecule has 0 aromatic carbocycles. The molecule has 1 aromatic heterocycles. The van der Waals surface area contributed by atoms with Crippen LogP contribution in [0.15, 0.2) is 17.4 Å². The molecule has 0 aliphatic carbocycles. The Bertz CT molecular complexity index is 564. The van der Waals surface area contributed by atoms with Crippen molar-refractivity contribution in [3.63, 3.8) is 0 Å². The summed E-state index contributed by atoms with van der Waals surface area (Å²) in [4.78, 5) is 16.0. The number of nitrogens with two attached hydrogens (primary N) is 1. The van der Waals surface area contributed by atoms with Gasteiger partial charge in [0.05, 0.1) is 36.3 Å². The number of rotatable bonds is 4. The van der Waals surface area contributed by atoms with Crippen LogP contribution in [0.2, 0.25) is 0 Å². The van der Waals surface area contributed by atoms with Crippen molar-refractivity contribution in [2.24, 2.45) is 10.9 Å². The second-order valence-corrected chi connectivity index (χ2v) is 4.41. The van der Waals surface area contributed by atoms with Crippen LogP contribution in [-0.4, -0.2) is 58.5 Å². The normalized spacial score (nSPS) is 19.6. The minimum absolute atomic E-state index is 0.132. The lowest BCUT2D eigenvalue weighted by atomic mass is 10.1. The van der Waals surface area contributed by atoms with Crippen LogP contribution in [0.3, 0.4) is 0 Å². The van der Waals surface area contributed by atoms with Crippen LogP contribution >= 0.6 is 0 Å². The maximum atomic E-state index is 10.8. The van der Waals surface area contributed by atoms with Crippen LogP contribution in [0.4, 0.5) is 11.5 Å². The molecule has 2 rings (SSSR count). The molecule has 1 saturated heterocycles. The number of pyridine rings is 1. The van der Waals surface area contributed by atoms with E-state index < -0.39 is 4.92 Å². The number of nitrogens with zero attached hydrogens (tertiary/aromatic N) is 4. The van der Waals surface area contributed by atoms with Gasteiger partial charge < -0.3 is 25.7 Å². The van der Waals surface area contributed by atoms with Crippen LogP contribution in [0.1, 0.15) is 5.56 Å². The molecule has 21 heavy (non-hydrogen) atoms. The standard InChI is InChI=1S/C11H15N5O5/c12-10(14-18)9-3-7(16(19)20)4-13-11(9)15-1-2-21-6-8(15)5-17/h3-4,8,17-18H,1-2,5-6H2,(H2,12,14). The van der Waals surface area contributed by atoms with Crippen LogP contribution in [0.5, 0.6) is 0 Å². The lowest BCUT2D eigenvalue weighted by Gasteiger charge is -2.36. The molecule has 114 valence electrons. The molecule has 1 atom stereocenters. The van der Waals surface area contributed by atoms with E-state index in [2.05, 4.69) is 10.1 Å². The van der Waals surface area contributed by atoms with E-state index in [0.29, 0.717) is 25.6 Å². The number of oxime groups is 1. The third-order valence-corrected chi connectivity index (χ3v) is 3.16. The monoisotopic (exact) mass is 297 g/mol. The van der Waals surface area contributed by atoms with Crippen molar-refractivity contribution in [1.82, 2.24) is 4.98 Å². The van der Waals surface area contributed by atoms with Crippen molar-refractivity contribution in [2.75, 3.05) is 31.3 Å². The van der Waals surface area contributed by atoms with Crippen LogP contribution in [0, 0.1) is 10.1 Å². The minimum Gasteiger partial charge on any atom is -0.409 e. The van der Waals surface area contributed by atoms with Gasteiger partial charge in [-0.2, -0.15) is 0 Å². The maximum absolute atomic E-state index is 10.8. The lowest BCUT2D eigenvalue weighted by Crippen LogP contribution is -2.48. The molecule has 1 aromatic rings.